The summed E-state index contributed by atoms with van der Waals surface area (Å²) in [6, 6.07) is 13.2. The number of anilines is 1. The van der Waals surface area contributed by atoms with Gasteiger partial charge in [0, 0.05) is 37.7 Å². The van der Waals surface area contributed by atoms with Gasteiger partial charge in [-0.3, -0.25) is 0 Å². The number of nitrogens with zero attached hydrogens (tertiary/aromatic N) is 3. The Morgan fingerprint density at radius 3 is 2.21 bits per heavy atom. The minimum atomic E-state index is -3.19. The van der Waals surface area contributed by atoms with Gasteiger partial charge in [-0.2, -0.15) is 0 Å². The topological polar surface area (TPSA) is 72.4 Å². The Morgan fingerprint density at radius 2 is 1.64 bits per heavy atom. The number of fused-ring (bicyclic) bond motifs is 1. The van der Waals surface area contributed by atoms with E-state index in [2.05, 4.69) is 34.8 Å². The monoisotopic (exact) mass is 463 g/mol. The van der Waals surface area contributed by atoms with Crippen LogP contribution in [0.2, 0.25) is 0 Å². The number of aryl methyl sites for hydroxylation is 2. The van der Waals surface area contributed by atoms with Crippen molar-refractivity contribution in [1.82, 2.24) is 9.97 Å². The number of benzene rings is 2. The summed E-state index contributed by atoms with van der Waals surface area (Å²) < 4.78 is 29.5. The van der Waals surface area contributed by atoms with Crippen molar-refractivity contribution in [1.29, 1.82) is 0 Å². The van der Waals surface area contributed by atoms with Gasteiger partial charge in [0.25, 0.3) is 0 Å². The van der Waals surface area contributed by atoms with E-state index in [1.165, 1.54) is 11.8 Å². The lowest BCUT2D eigenvalue weighted by molar-refractivity contribution is 0.281. The molecule has 2 fully saturated rings. The lowest BCUT2D eigenvalue weighted by Crippen LogP contribution is -2.27. The van der Waals surface area contributed by atoms with E-state index in [1.807, 2.05) is 36.7 Å². The van der Waals surface area contributed by atoms with Crippen LogP contribution in [0, 0.1) is 24.7 Å². The highest BCUT2D eigenvalue weighted by Gasteiger charge is 2.56. The van der Waals surface area contributed by atoms with Crippen molar-refractivity contribution in [3.05, 3.63) is 66.0 Å². The number of ether oxygens (including phenoxy) is 1. The maximum Gasteiger partial charge on any atom is 0.225 e. The molecule has 0 amide bonds. The summed E-state index contributed by atoms with van der Waals surface area (Å²) in [7, 11) is -3.19. The van der Waals surface area contributed by atoms with E-state index in [0.29, 0.717) is 22.6 Å². The molecule has 1 aliphatic carbocycles. The predicted octanol–water partition coefficient (Wildman–Crippen LogP) is 4.18. The van der Waals surface area contributed by atoms with E-state index < -0.39 is 9.84 Å². The maximum atomic E-state index is 11.7. The molecule has 3 aromatic rings. The fraction of sp³-hybridized carbons (Fsp3) is 0.385. The van der Waals surface area contributed by atoms with E-state index in [4.69, 9.17) is 4.74 Å². The highest BCUT2D eigenvalue weighted by Crippen LogP contribution is 2.52. The lowest BCUT2D eigenvalue weighted by Gasteiger charge is -2.20. The third-order valence-corrected chi connectivity index (χ3v) is 8.10. The number of hydrogen-bond donors (Lipinski definition) is 0. The van der Waals surface area contributed by atoms with Gasteiger partial charge in [-0.05, 0) is 71.7 Å². The summed E-state index contributed by atoms with van der Waals surface area (Å²) >= 11 is 0. The highest BCUT2D eigenvalue weighted by molar-refractivity contribution is 7.90. The van der Waals surface area contributed by atoms with Crippen molar-refractivity contribution in [3.63, 3.8) is 0 Å². The van der Waals surface area contributed by atoms with Gasteiger partial charge in [0.1, 0.15) is 5.75 Å². The van der Waals surface area contributed by atoms with Crippen LogP contribution < -0.4 is 9.64 Å². The Morgan fingerprint density at radius 1 is 1.00 bits per heavy atom. The summed E-state index contributed by atoms with van der Waals surface area (Å²) in [5.41, 5.74) is 4.29. The van der Waals surface area contributed by atoms with E-state index in [-0.39, 0.29) is 0 Å². The first-order chi connectivity index (χ1) is 15.8. The molecule has 7 heteroatoms. The Hall–Kier alpha value is -2.93. The molecule has 2 unspecified atom stereocenters. The number of hydrogen-bond acceptors (Lipinski definition) is 6. The van der Waals surface area contributed by atoms with Crippen LogP contribution in [0.3, 0.4) is 0 Å². The molecule has 3 atom stereocenters. The zero-order valence-corrected chi connectivity index (χ0v) is 20.0. The van der Waals surface area contributed by atoms with Crippen LogP contribution >= 0.6 is 0 Å². The normalized spacial score (nSPS) is 21.7. The first-order valence-electron chi connectivity index (χ1n) is 11.4. The first-order valence-corrected chi connectivity index (χ1v) is 13.3. The van der Waals surface area contributed by atoms with Crippen LogP contribution in [-0.2, 0) is 16.3 Å². The smallest absolute Gasteiger partial charge is 0.225 e. The molecule has 1 saturated heterocycles. The first kappa shape index (κ1) is 21.9. The van der Waals surface area contributed by atoms with Gasteiger partial charge in [0.15, 0.2) is 9.84 Å². The number of rotatable bonds is 7. The molecule has 0 bridgehead atoms. The Bertz CT molecular complexity index is 1240. The van der Waals surface area contributed by atoms with Crippen molar-refractivity contribution in [2.45, 2.75) is 25.2 Å². The fourth-order valence-electron chi connectivity index (χ4n) is 4.83. The van der Waals surface area contributed by atoms with Crippen LogP contribution in [0.5, 0.6) is 5.75 Å². The Balaban J connectivity index is 1.16. The summed E-state index contributed by atoms with van der Waals surface area (Å²) in [6.45, 7) is 6.91. The van der Waals surface area contributed by atoms with Crippen LogP contribution in [0.15, 0.2) is 59.8 Å². The molecule has 2 heterocycles. The minimum Gasteiger partial charge on any atom is -0.493 e. The molecule has 0 radical (unpaired) electrons. The van der Waals surface area contributed by atoms with E-state index in [0.717, 1.165) is 54.5 Å². The zero-order valence-electron chi connectivity index (χ0n) is 19.2. The molecular weight excluding hydrogens is 434 g/mol. The minimum absolute atomic E-state index is 0.334. The molecule has 2 aliphatic rings. The fourth-order valence-corrected chi connectivity index (χ4v) is 5.46. The third kappa shape index (κ3) is 4.47. The number of aromatic nitrogens is 2. The van der Waals surface area contributed by atoms with Crippen molar-refractivity contribution in [3.8, 4) is 16.9 Å². The van der Waals surface area contributed by atoms with Crippen LogP contribution in [0.4, 0.5) is 5.95 Å². The molecule has 1 aliphatic heterocycles. The quantitative estimate of drug-likeness (QED) is 0.523. The SMILES string of the molecule is CCc1cnc(N2CC3C(COc4ccc(-c5ccc(S(C)(=O)=O)cc5)cc4C)[C@@H]3C2)nc1. The molecule has 6 nitrogen and oxygen atoms in total. The average molecular weight is 464 g/mol. The third-order valence-electron chi connectivity index (χ3n) is 6.98. The second-order valence-corrected chi connectivity index (χ2v) is 11.2. The lowest BCUT2D eigenvalue weighted by atomic mass is 10.0. The van der Waals surface area contributed by atoms with Gasteiger partial charge in [-0.1, -0.05) is 25.1 Å². The molecule has 0 N–H and O–H groups in total. The van der Waals surface area contributed by atoms with Gasteiger partial charge in [0.05, 0.1) is 11.5 Å². The van der Waals surface area contributed by atoms with Crippen molar-refractivity contribution in [2.75, 3.05) is 30.9 Å². The van der Waals surface area contributed by atoms with Crippen molar-refractivity contribution < 1.29 is 13.2 Å². The summed E-state index contributed by atoms with van der Waals surface area (Å²) in [6.07, 6.45) is 6.04. The molecule has 2 aromatic carbocycles. The highest BCUT2D eigenvalue weighted by atomic mass is 32.2. The number of sulfone groups is 1. The average Bonchev–Trinajstić information content (AvgIpc) is 3.26. The van der Waals surface area contributed by atoms with E-state index in [9.17, 15) is 8.42 Å². The van der Waals surface area contributed by atoms with Crippen LogP contribution in [0.1, 0.15) is 18.1 Å². The standard InChI is InChI=1S/C26H29N3O3S/c1-4-18-12-27-26(28-13-18)29-14-22-23(15-29)24(22)16-32-25-10-7-20(11-17(25)2)19-5-8-21(9-6-19)33(3,30)31/h5-13,22-24H,4,14-16H2,1-3H3/t22-,23?,24?/m1/s1. The predicted molar refractivity (Wildman–Crippen MR) is 129 cm³/mol. The second-order valence-electron chi connectivity index (χ2n) is 9.23. The second kappa shape index (κ2) is 8.45. The van der Waals surface area contributed by atoms with Gasteiger partial charge < -0.3 is 9.64 Å². The summed E-state index contributed by atoms with van der Waals surface area (Å²) in [5, 5.41) is 0. The zero-order chi connectivity index (χ0) is 23.2. The largest absolute Gasteiger partial charge is 0.493 e. The molecule has 33 heavy (non-hydrogen) atoms. The van der Waals surface area contributed by atoms with Gasteiger partial charge in [-0.15, -0.1) is 0 Å². The van der Waals surface area contributed by atoms with Gasteiger partial charge in [-0.25, -0.2) is 18.4 Å². The molecule has 172 valence electrons. The summed E-state index contributed by atoms with van der Waals surface area (Å²) in [5.74, 6) is 3.67. The van der Waals surface area contributed by atoms with E-state index in [1.54, 1.807) is 12.1 Å². The Kier molecular flexibility index (Phi) is 5.60. The van der Waals surface area contributed by atoms with Gasteiger partial charge >= 0.3 is 0 Å². The number of piperidine rings is 1. The molecular formula is C26H29N3O3S. The molecule has 0 spiro atoms. The van der Waals surface area contributed by atoms with E-state index >= 15 is 0 Å². The van der Waals surface area contributed by atoms with Gasteiger partial charge in [0.2, 0.25) is 5.95 Å². The van der Waals surface area contributed by atoms with Crippen LogP contribution in [0.25, 0.3) is 11.1 Å². The maximum absolute atomic E-state index is 11.7. The van der Waals surface area contributed by atoms with Crippen molar-refractivity contribution >= 4 is 15.8 Å². The van der Waals surface area contributed by atoms with Crippen molar-refractivity contribution in [2.24, 2.45) is 17.8 Å². The Labute approximate surface area is 195 Å². The summed E-state index contributed by atoms with van der Waals surface area (Å²) in [4.78, 5) is 11.7. The molecule has 1 aromatic heterocycles. The molecule has 1 saturated carbocycles. The molecule has 5 rings (SSSR count). The van der Waals surface area contributed by atoms with Crippen LogP contribution in [-0.4, -0.2) is 44.3 Å².